The van der Waals surface area contributed by atoms with Crippen molar-refractivity contribution in [2.75, 3.05) is 7.11 Å². The van der Waals surface area contributed by atoms with Crippen LogP contribution in [0.15, 0.2) is 62.2 Å². The zero-order valence-electron chi connectivity index (χ0n) is 20.9. The second-order valence-corrected chi connectivity index (χ2v) is 9.76. The van der Waals surface area contributed by atoms with Crippen LogP contribution >= 0.6 is 0 Å². The topological polar surface area (TPSA) is 129 Å². The largest absolute Gasteiger partial charge is 0.462 e. The standard InChI is InChI=1S/C28H28O9/c1-14-19(35-27-23(31)22(30)25(33-4)28(2,3)37-27)10-9-16-11-17(26(32)36-24(14)16)12-18(29)21-13-15-7-5-6-8-20(15)34-21/h5-11,13,22-23,25,27,30-31H,12H2,1-4H3/t22-,23+,25+,27+/m0/s1. The van der Waals surface area contributed by atoms with Crippen molar-refractivity contribution in [3.8, 4) is 5.75 Å². The van der Waals surface area contributed by atoms with Gasteiger partial charge in [0.15, 0.2) is 5.76 Å². The molecule has 194 valence electrons. The van der Waals surface area contributed by atoms with E-state index in [-0.39, 0.29) is 29.1 Å². The van der Waals surface area contributed by atoms with Crippen molar-refractivity contribution < 1.29 is 38.1 Å². The van der Waals surface area contributed by atoms with Crippen LogP contribution in [0.3, 0.4) is 0 Å². The Hall–Kier alpha value is -3.50. The number of para-hydroxylation sites is 1. The summed E-state index contributed by atoms with van der Waals surface area (Å²) in [5.41, 5.74) is -0.00101. The minimum atomic E-state index is -1.37. The number of aliphatic hydroxyl groups is 2. The lowest BCUT2D eigenvalue weighted by molar-refractivity contribution is -0.306. The fraction of sp³-hybridized carbons (Fsp3) is 0.357. The summed E-state index contributed by atoms with van der Waals surface area (Å²) in [6, 6.07) is 13.9. The first-order chi connectivity index (χ1) is 17.6. The van der Waals surface area contributed by atoms with Crippen molar-refractivity contribution in [3.05, 3.63) is 75.8 Å². The zero-order chi connectivity index (χ0) is 26.5. The molecule has 4 aromatic rings. The van der Waals surface area contributed by atoms with Gasteiger partial charge in [0, 0.05) is 35.4 Å². The maximum absolute atomic E-state index is 12.8. The molecule has 37 heavy (non-hydrogen) atoms. The maximum Gasteiger partial charge on any atom is 0.339 e. The first kappa shape index (κ1) is 25.2. The van der Waals surface area contributed by atoms with Crippen molar-refractivity contribution in [3.63, 3.8) is 0 Å². The number of ketones is 1. The van der Waals surface area contributed by atoms with Crippen molar-refractivity contribution in [2.24, 2.45) is 0 Å². The first-order valence-electron chi connectivity index (χ1n) is 11.9. The summed E-state index contributed by atoms with van der Waals surface area (Å²) in [5.74, 6) is 0.149. The lowest BCUT2D eigenvalue weighted by Gasteiger charge is -2.46. The summed E-state index contributed by atoms with van der Waals surface area (Å²) < 4.78 is 28.3. The Labute approximate surface area is 212 Å². The van der Waals surface area contributed by atoms with E-state index >= 15 is 0 Å². The Bertz CT molecular complexity index is 1500. The molecule has 0 unspecified atom stereocenters. The average Bonchev–Trinajstić information content (AvgIpc) is 3.30. The minimum absolute atomic E-state index is 0.174. The molecule has 0 aliphatic carbocycles. The number of hydrogen-bond donors (Lipinski definition) is 2. The van der Waals surface area contributed by atoms with Crippen LogP contribution in [0.1, 0.15) is 35.5 Å². The van der Waals surface area contributed by atoms with Gasteiger partial charge in [-0.15, -0.1) is 0 Å². The molecular formula is C28H28O9. The number of aryl methyl sites for hydroxylation is 1. The summed E-state index contributed by atoms with van der Waals surface area (Å²) in [6.07, 6.45) is -4.71. The van der Waals surface area contributed by atoms with Gasteiger partial charge in [-0.3, -0.25) is 4.79 Å². The summed E-state index contributed by atoms with van der Waals surface area (Å²) >= 11 is 0. The summed E-state index contributed by atoms with van der Waals surface area (Å²) in [6.45, 7) is 5.16. The van der Waals surface area contributed by atoms with Gasteiger partial charge >= 0.3 is 5.63 Å². The molecule has 3 heterocycles. The second-order valence-electron chi connectivity index (χ2n) is 9.76. The van der Waals surface area contributed by atoms with Gasteiger partial charge in [0.2, 0.25) is 12.1 Å². The molecule has 9 heteroatoms. The normalized spacial score (nSPS) is 23.4. The van der Waals surface area contributed by atoms with Gasteiger partial charge in [-0.05, 0) is 51.1 Å². The number of benzene rings is 2. The van der Waals surface area contributed by atoms with Crippen LogP contribution in [0.4, 0.5) is 0 Å². The number of ether oxygens (including phenoxy) is 3. The third kappa shape index (κ3) is 4.55. The number of rotatable bonds is 6. The number of methoxy groups -OCH3 is 1. The van der Waals surface area contributed by atoms with Gasteiger partial charge < -0.3 is 33.3 Å². The monoisotopic (exact) mass is 508 g/mol. The van der Waals surface area contributed by atoms with Gasteiger partial charge in [0.1, 0.15) is 35.2 Å². The molecule has 0 saturated carbocycles. The molecule has 0 bridgehead atoms. The highest BCUT2D eigenvalue weighted by Crippen LogP contribution is 2.35. The van der Waals surface area contributed by atoms with E-state index in [1.54, 1.807) is 51.1 Å². The van der Waals surface area contributed by atoms with E-state index in [1.165, 1.54) is 7.11 Å². The van der Waals surface area contributed by atoms with Crippen LogP contribution in [0.2, 0.25) is 0 Å². The van der Waals surface area contributed by atoms with Crippen LogP contribution in [0.5, 0.6) is 5.75 Å². The van der Waals surface area contributed by atoms with Crippen LogP contribution in [0, 0.1) is 6.92 Å². The predicted octanol–water partition coefficient (Wildman–Crippen LogP) is 3.52. The van der Waals surface area contributed by atoms with Crippen LogP contribution < -0.4 is 10.4 Å². The van der Waals surface area contributed by atoms with Crippen molar-refractivity contribution in [2.45, 2.75) is 57.4 Å². The van der Waals surface area contributed by atoms with Gasteiger partial charge in [-0.25, -0.2) is 4.79 Å². The Kier molecular flexibility index (Phi) is 6.41. The average molecular weight is 509 g/mol. The number of fused-ring (bicyclic) bond motifs is 2. The molecule has 1 fully saturated rings. The first-order valence-corrected chi connectivity index (χ1v) is 11.9. The minimum Gasteiger partial charge on any atom is -0.462 e. The number of aliphatic hydroxyl groups excluding tert-OH is 2. The molecule has 5 rings (SSSR count). The van der Waals surface area contributed by atoms with E-state index in [4.69, 9.17) is 23.0 Å². The molecular weight excluding hydrogens is 480 g/mol. The Balaban J connectivity index is 1.40. The van der Waals surface area contributed by atoms with Crippen molar-refractivity contribution >= 4 is 27.7 Å². The van der Waals surface area contributed by atoms with E-state index in [1.807, 2.05) is 18.2 Å². The van der Waals surface area contributed by atoms with E-state index in [0.29, 0.717) is 22.3 Å². The molecule has 0 spiro atoms. The molecule has 1 aliphatic rings. The molecule has 2 N–H and O–H groups in total. The number of carbonyl (C=O) groups is 1. The van der Waals surface area contributed by atoms with E-state index < -0.39 is 35.8 Å². The van der Waals surface area contributed by atoms with Gasteiger partial charge in [0.25, 0.3) is 0 Å². The molecule has 1 saturated heterocycles. The Morgan fingerprint density at radius 2 is 1.78 bits per heavy atom. The maximum atomic E-state index is 12.8. The molecule has 4 atom stereocenters. The highest BCUT2D eigenvalue weighted by Gasteiger charge is 2.50. The lowest BCUT2D eigenvalue weighted by atomic mass is 9.89. The van der Waals surface area contributed by atoms with Gasteiger partial charge in [0.05, 0.1) is 5.60 Å². The summed E-state index contributed by atoms with van der Waals surface area (Å²) in [5, 5.41) is 22.4. The molecule has 2 aromatic carbocycles. The smallest absolute Gasteiger partial charge is 0.339 e. The highest BCUT2D eigenvalue weighted by atomic mass is 16.7. The molecule has 2 aromatic heterocycles. The Morgan fingerprint density at radius 3 is 2.51 bits per heavy atom. The zero-order valence-corrected chi connectivity index (χ0v) is 20.9. The van der Waals surface area contributed by atoms with E-state index in [2.05, 4.69) is 0 Å². The molecule has 1 aliphatic heterocycles. The fourth-order valence-corrected chi connectivity index (χ4v) is 4.81. The predicted molar refractivity (Wildman–Crippen MR) is 134 cm³/mol. The van der Waals surface area contributed by atoms with E-state index in [9.17, 15) is 19.8 Å². The SMILES string of the molecule is CO[C@@H]1[C@@H](O)[C@@H](O)[C@H](Oc2ccc3cc(CC(=O)c4cc5ccccc5o4)c(=O)oc3c2C)OC1(C)C. The number of furan rings is 1. The van der Waals surface area contributed by atoms with Crippen LogP contribution in [-0.4, -0.2) is 53.3 Å². The number of hydrogen-bond acceptors (Lipinski definition) is 9. The van der Waals surface area contributed by atoms with Crippen LogP contribution in [0.25, 0.3) is 21.9 Å². The second kappa shape index (κ2) is 9.42. The van der Waals surface area contributed by atoms with Crippen molar-refractivity contribution in [1.82, 2.24) is 0 Å². The fourth-order valence-electron chi connectivity index (χ4n) is 4.81. The third-order valence-corrected chi connectivity index (χ3v) is 6.77. The quantitative estimate of drug-likeness (QED) is 0.297. The van der Waals surface area contributed by atoms with Gasteiger partial charge in [-0.2, -0.15) is 0 Å². The summed E-state index contributed by atoms with van der Waals surface area (Å²) in [7, 11) is 1.43. The molecule has 9 nitrogen and oxygen atoms in total. The Morgan fingerprint density at radius 1 is 1.03 bits per heavy atom. The van der Waals surface area contributed by atoms with Crippen molar-refractivity contribution in [1.29, 1.82) is 0 Å². The number of carbonyl (C=O) groups excluding carboxylic acids is 1. The molecule has 0 radical (unpaired) electrons. The third-order valence-electron chi connectivity index (χ3n) is 6.77. The molecule has 0 amide bonds. The van der Waals surface area contributed by atoms with Crippen LogP contribution in [-0.2, 0) is 15.9 Å². The summed E-state index contributed by atoms with van der Waals surface area (Å²) in [4.78, 5) is 25.6. The van der Waals surface area contributed by atoms with Gasteiger partial charge in [-0.1, -0.05) is 18.2 Å². The highest BCUT2D eigenvalue weighted by molar-refractivity contribution is 5.99. The van der Waals surface area contributed by atoms with E-state index in [0.717, 1.165) is 5.39 Å². The number of Topliss-reactive ketones (excluding diaryl/α,β-unsaturated/α-hetero) is 1. The lowest BCUT2D eigenvalue weighted by Crippen LogP contribution is -2.63.